The predicted molar refractivity (Wildman–Crippen MR) is 115 cm³/mol. The van der Waals surface area contributed by atoms with Gasteiger partial charge in [0.05, 0.1) is 0 Å². The minimum atomic E-state index is 0.705. The number of rotatable bonds is 5. The second-order valence-electron chi connectivity index (χ2n) is 7.09. The van der Waals surface area contributed by atoms with Crippen molar-refractivity contribution in [2.24, 2.45) is 0 Å². The van der Waals surface area contributed by atoms with Gasteiger partial charge < -0.3 is 10.2 Å². The molecule has 1 aliphatic rings. The SMILES string of the molecule is Cc1ccc(Cl)cc1Nc1cc(N2CCN(Cc3ccccc3)CC2)ncn1. The van der Waals surface area contributed by atoms with Crippen LogP contribution < -0.4 is 10.2 Å². The number of halogens is 1. The Labute approximate surface area is 171 Å². The van der Waals surface area contributed by atoms with Crippen molar-refractivity contribution in [2.75, 3.05) is 36.4 Å². The average Bonchev–Trinajstić information content (AvgIpc) is 2.72. The molecule has 2 heterocycles. The van der Waals surface area contributed by atoms with Crippen molar-refractivity contribution in [3.8, 4) is 0 Å². The molecule has 0 bridgehead atoms. The fraction of sp³-hybridized carbons (Fsp3) is 0.273. The Balaban J connectivity index is 1.39. The molecule has 0 unspecified atom stereocenters. The van der Waals surface area contributed by atoms with Crippen LogP contribution in [0.3, 0.4) is 0 Å². The van der Waals surface area contributed by atoms with E-state index < -0.39 is 0 Å². The first kappa shape index (κ1) is 18.7. The molecule has 6 heteroatoms. The Bertz CT molecular complexity index is 923. The predicted octanol–water partition coefficient (Wildman–Crippen LogP) is 4.50. The van der Waals surface area contributed by atoms with Crippen LogP contribution in [0.2, 0.25) is 5.02 Å². The van der Waals surface area contributed by atoms with Gasteiger partial charge in [-0.1, -0.05) is 48.0 Å². The maximum Gasteiger partial charge on any atom is 0.135 e. The normalized spacial score (nSPS) is 14.9. The summed E-state index contributed by atoms with van der Waals surface area (Å²) in [5, 5.41) is 4.07. The molecule has 1 saturated heterocycles. The zero-order chi connectivity index (χ0) is 19.3. The lowest BCUT2D eigenvalue weighted by Gasteiger charge is -2.35. The fourth-order valence-electron chi connectivity index (χ4n) is 3.43. The summed E-state index contributed by atoms with van der Waals surface area (Å²) in [6.07, 6.45) is 1.62. The van der Waals surface area contributed by atoms with Gasteiger partial charge in [0.2, 0.25) is 0 Å². The number of aryl methyl sites for hydroxylation is 1. The second kappa shape index (κ2) is 8.59. The van der Waals surface area contributed by atoms with Crippen LogP contribution in [0.1, 0.15) is 11.1 Å². The van der Waals surface area contributed by atoms with Gasteiger partial charge in [0, 0.05) is 49.5 Å². The third-order valence-corrected chi connectivity index (χ3v) is 5.30. The molecule has 1 aromatic heterocycles. The lowest BCUT2D eigenvalue weighted by atomic mass is 10.2. The largest absolute Gasteiger partial charge is 0.354 e. The zero-order valence-corrected chi connectivity index (χ0v) is 16.7. The molecular formula is C22H24ClN5. The molecule has 0 saturated carbocycles. The van der Waals surface area contributed by atoms with E-state index >= 15 is 0 Å². The molecule has 4 rings (SSSR count). The summed E-state index contributed by atoms with van der Waals surface area (Å²) >= 11 is 6.12. The maximum absolute atomic E-state index is 6.12. The van der Waals surface area contributed by atoms with Gasteiger partial charge in [-0.2, -0.15) is 0 Å². The van der Waals surface area contributed by atoms with Gasteiger partial charge in [0.25, 0.3) is 0 Å². The first-order valence-corrected chi connectivity index (χ1v) is 9.91. The molecule has 0 amide bonds. The number of aromatic nitrogens is 2. The van der Waals surface area contributed by atoms with Crippen molar-refractivity contribution in [1.29, 1.82) is 0 Å². The summed E-state index contributed by atoms with van der Waals surface area (Å²) in [7, 11) is 0. The number of anilines is 3. The molecule has 5 nitrogen and oxygen atoms in total. The summed E-state index contributed by atoms with van der Waals surface area (Å²) in [6.45, 7) is 7.01. The van der Waals surface area contributed by atoms with Crippen LogP contribution in [0.15, 0.2) is 60.9 Å². The van der Waals surface area contributed by atoms with Crippen LogP contribution in [0.25, 0.3) is 0 Å². The van der Waals surface area contributed by atoms with E-state index in [1.54, 1.807) is 6.33 Å². The number of nitrogens with zero attached hydrogens (tertiary/aromatic N) is 4. The molecule has 0 aliphatic carbocycles. The first-order chi connectivity index (χ1) is 13.7. The number of piperazine rings is 1. The Morgan fingerprint density at radius 3 is 2.54 bits per heavy atom. The second-order valence-corrected chi connectivity index (χ2v) is 7.53. The summed E-state index contributed by atoms with van der Waals surface area (Å²) in [5.41, 5.74) is 3.45. The Morgan fingerprint density at radius 2 is 1.75 bits per heavy atom. The molecule has 28 heavy (non-hydrogen) atoms. The van der Waals surface area contributed by atoms with Gasteiger partial charge in [-0.05, 0) is 30.2 Å². The molecule has 3 aromatic rings. The van der Waals surface area contributed by atoms with Crippen LogP contribution in [0.5, 0.6) is 0 Å². The van der Waals surface area contributed by atoms with E-state index in [1.165, 1.54) is 5.56 Å². The van der Waals surface area contributed by atoms with E-state index in [1.807, 2.05) is 31.2 Å². The summed E-state index contributed by atoms with van der Waals surface area (Å²) in [6, 6.07) is 18.5. The van der Waals surface area contributed by atoms with Crippen molar-refractivity contribution >= 4 is 28.9 Å². The van der Waals surface area contributed by atoms with Crippen LogP contribution in [-0.4, -0.2) is 41.0 Å². The third-order valence-electron chi connectivity index (χ3n) is 5.06. The van der Waals surface area contributed by atoms with Crippen LogP contribution in [0.4, 0.5) is 17.3 Å². The Morgan fingerprint density at radius 1 is 0.964 bits per heavy atom. The first-order valence-electron chi connectivity index (χ1n) is 9.54. The molecule has 1 fully saturated rings. The molecule has 0 radical (unpaired) electrons. The summed E-state index contributed by atoms with van der Waals surface area (Å²) < 4.78 is 0. The third kappa shape index (κ3) is 4.61. The van der Waals surface area contributed by atoms with Gasteiger partial charge in [-0.25, -0.2) is 9.97 Å². The highest BCUT2D eigenvalue weighted by molar-refractivity contribution is 6.30. The highest BCUT2D eigenvalue weighted by Crippen LogP contribution is 2.25. The topological polar surface area (TPSA) is 44.3 Å². The molecule has 2 aromatic carbocycles. The number of nitrogens with one attached hydrogen (secondary N) is 1. The van der Waals surface area contributed by atoms with Crippen molar-refractivity contribution in [3.05, 3.63) is 77.1 Å². The highest BCUT2D eigenvalue weighted by atomic mass is 35.5. The van der Waals surface area contributed by atoms with Gasteiger partial charge >= 0.3 is 0 Å². The van der Waals surface area contributed by atoms with Gasteiger partial charge in [0.15, 0.2) is 0 Å². The standard InChI is InChI=1S/C22H24ClN5/c1-17-7-8-19(23)13-20(17)26-21-14-22(25-16-24-21)28-11-9-27(10-12-28)15-18-5-3-2-4-6-18/h2-8,13-14,16H,9-12,15H2,1H3,(H,24,25,26). The van der Waals surface area contributed by atoms with Gasteiger partial charge in [-0.15, -0.1) is 0 Å². The van der Waals surface area contributed by atoms with E-state index in [0.717, 1.165) is 55.6 Å². The lowest BCUT2D eigenvalue weighted by molar-refractivity contribution is 0.249. The molecule has 144 valence electrons. The smallest absolute Gasteiger partial charge is 0.135 e. The average molecular weight is 394 g/mol. The number of hydrogen-bond donors (Lipinski definition) is 1. The summed E-state index contributed by atoms with van der Waals surface area (Å²) in [5.74, 6) is 1.73. The summed E-state index contributed by atoms with van der Waals surface area (Å²) in [4.78, 5) is 13.7. The molecule has 0 atom stereocenters. The Hall–Kier alpha value is -2.63. The minimum absolute atomic E-state index is 0.705. The molecular weight excluding hydrogens is 370 g/mol. The Kier molecular flexibility index (Phi) is 5.74. The van der Waals surface area contributed by atoms with E-state index in [0.29, 0.717) is 5.02 Å². The fourth-order valence-corrected chi connectivity index (χ4v) is 3.60. The van der Waals surface area contributed by atoms with Gasteiger partial charge in [0.1, 0.15) is 18.0 Å². The molecule has 0 spiro atoms. The number of benzene rings is 2. The quantitative estimate of drug-likeness (QED) is 0.691. The minimum Gasteiger partial charge on any atom is -0.354 e. The van der Waals surface area contributed by atoms with E-state index in [-0.39, 0.29) is 0 Å². The van der Waals surface area contributed by atoms with Crippen LogP contribution in [-0.2, 0) is 6.54 Å². The number of hydrogen-bond acceptors (Lipinski definition) is 5. The van der Waals surface area contributed by atoms with Crippen LogP contribution >= 0.6 is 11.6 Å². The van der Waals surface area contributed by atoms with Crippen molar-refractivity contribution in [2.45, 2.75) is 13.5 Å². The monoisotopic (exact) mass is 393 g/mol. The highest BCUT2D eigenvalue weighted by Gasteiger charge is 2.18. The van der Waals surface area contributed by atoms with Crippen molar-refractivity contribution in [1.82, 2.24) is 14.9 Å². The van der Waals surface area contributed by atoms with Crippen molar-refractivity contribution < 1.29 is 0 Å². The van der Waals surface area contributed by atoms with Gasteiger partial charge in [-0.3, -0.25) is 4.90 Å². The maximum atomic E-state index is 6.12. The molecule has 1 aliphatic heterocycles. The van der Waals surface area contributed by atoms with E-state index in [2.05, 4.69) is 55.4 Å². The van der Waals surface area contributed by atoms with E-state index in [9.17, 15) is 0 Å². The van der Waals surface area contributed by atoms with E-state index in [4.69, 9.17) is 11.6 Å². The van der Waals surface area contributed by atoms with Crippen molar-refractivity contribution in [3.63, 3.8) is 0 Å². The molecule has 1 N–H and O–H groups in total. The van der Waals surface area contributed by atoms with Crippen LogP contribution in [0, 0.1) is 6.92 Å². The zero-order valence-electron chi connectivity index (χ0n) is 16.0. The lowest BCUT2D eigenvalue weighted by Crippen LogP contribution is -2.46.